The van der Waals surface area contributed by atoms with Crippen LogP contribution in [0.5, 0.6) is 11.5 Å². The van der Waals surface area contributed by atoms with Crippen LogP contribution in [0.15, 0.2) is 90.5 Å². The lowest BCUT2D eigenvalue weighted by atomic mass is 9.82. The summed E-state index contributed by atoms with van der Waals surface area (Å²) < 4.78 is 8.68. The highest BCUT2D eigenvalue weighted by atomic mass is 16.5. The maximum absolute atomic E-state index is 13.3. The average Bonchev–Trinajstić information content (AvgIpc) is 3.26. The zero-order chi connectivity index (χ0) is 22.3. The second kappa shape index (κ2) is 6.23. The fourth-order valence-electron chi connectivity index (χ4n) is 5.55. The molecule has 0 amide bonds. The summed E-state index contributed by atoms with van der Waals surface area (Å²) in [4.78, 5) is 13.3. The summed E-state index contributed by atoms with van der Waals surface area (Å²) in [5, 5.41) is 2.31. The molecule has 4 aromatic carbocycles. The molecule has 0 saturated carbocycles. The Labute approximate surface area is 191 Å². The molecule has 1 aliphatic carbocycles. The third-order valence-electron chi connectivity index (χ3n) is 7.16. The summed E-state index contributed by atoms with van der Waals surface area (Å²) in [5.41, 5.74) is 6.60. The van der Waals surface area contributed by atoms with Crippen molar-refractivity contribution in [2.24, 2.45) is 0 Å². The molecule has 158 valence electrons. The number of ketones is 1. The van der Waals surface area contributed by atoms with Crippen LogP contribution in [-0.4, -0.2) is 10.4 Å². The van der Waals surface area contributed by atoms with Crippen LogP contribution in [0, 0.1) is 0 Å². The van der Waals surface area contributed by atoms with Gasteiger partial charge in [0.2, 0.25) is 0 Å². The van der Waals surface area contributed by atoms with E-state index in [1.165, 1.54) is 5.39 Å². The van der Waals surface area contributed by atoms with Gasteiger partial charge in [0, 0.05) is 27.3 Å². The van der Waals surface area contributed by atoms with Crippen LogP contribution in [0.25, 0.3) is 33.6 Å². The van der Waals surface area contributed by atoms with Crippen molar-refractivity contribution in [3.05, 3.63) is 107 Å². The van der Waals surface area contributed by atoms with Crippen LogP contribution in [-0.2, 0) is 5.41 Å². The number of Topliss-reactive ketones (excluding diaryl/α,β-unsaturated/α-hetero) is 1. The summed E-state index contributed by atoms with van der Waals surface area (Å²) in [7, 11) is 0. The van der Waals surface area contributed by atoms with Crippen LogP contribution in [0.3, 0.4) is 0 Å². The predicted molar refractivity (Wildman–Crippen MR) is 133 cm³/mol. The van der Waals surface area contributed by atoms with Gasteiger partial charge in [0.05, 0.1) is 16.7 Å². The van der Waals surface area contributed by atoms with Crippen LogP contribution >= 0.6 is 0 Å². The molecular formula is C30H21NO2. The molecule has 0 N–H and O–H groups in total. The lowest BCUT2D eigenvalue weighted by Crippen LogP contribution is -2.16. The fourth-order valence-corrected chi connectivity index (χ4v) is 5.55. The quantitative estimate of drug-likeness (QED) is 0.255. The number of nitrogens with zero attached hydrogens (tertiary/aromatic N) is 1. The number of hydrogen-bond acceptors (Lipinski definition) is 2. The number of benzene rings is 4. The van der Waals surface area contributed by atoms with E-state index in [-0.39, 0.29) is 11.2 Å². The molecule has 0 spiro atoms. The van der Waals surface area contributed by atoms with Crippen molar-refractivity contribution in [2.45, 2.75) is 19.3 Å². The van der Waals surface area contributed by atoms with Gasteiger partial charge in [0.25, 0.3) is 0 Å². The largest absolute Gasteiger partial charge is 0.453 e. The first-order valence-electron chi connectivity index (χ1n) is 11.2. The number of aromatic nitrogens is 1. The first-order chi connectivity index (χ1) is 16.0. The van der Waals surface area contributed by atoms with Gasteiger partial charge in [-0.05, 0) is 47.5 Å². The molecule has 0 radical (unpaired) electrons. The number of carbonyl (C=O) groups is 1. The Balaban J connectivity index is 1.51. The zero-order valence-electron chi connectivity index (χ0n) is 18.4. The molecule has 2 aliphatic rings. The molecule has 7 rings (SSSR count). The molecule has 2 heterocycles. The molecule has 33 heavy (non-hydrogen) atoms. The van der Waals surface area contributed by atoms with Crippen molar-refractivity contribution < 1.29 is 9.53 Å². The van der Waals surface area contributed by atoms with Crippen molar-refractivity contribution in [1.29, 1.82) is 0 Å². The molecular weight excluding hydrogens is 406 g/mol. The summed E-state index contributed by atoms with van der Waals surface area (Å²) >= 11 is 0. The van der Waals surface area contributed by atoms with Crippen LogP contribution in [0.2, 0.25) is 0 Å². The van der Waals surface area contributed by atoms with Crippen molar-refractivity contribution in [3.8, 4) is 17.2 Å². The molecule has 0 fully saturated rings. The minimum absolute atomic E-state index is 0.109. The number of fused-ring (bicyclic) bond motifs is 6. The average molecular weight is 428 g/mol. The van der Waals surface area contributed by atoms with Gasteiger partial charge in [-0.15, -0.1) is 0 Å². The number of hydrogen-bond donors (Lipinski definition) is 0. The fraction of sp³-hybridized carbons (Fsp3) is 0.100. The minimum atomic E-state index is -0.346. The van der Waals surface area contributed by atoms with E-state index in [0.29, 0.717) is 0 Å². The zero-order valence-corrected chi connectivity index (χ0v) is 18.4. The first-order valence-corrected chi connectivity index (χ1v) is 11.2. The van der Waals surface area contributed by atoms with Gasteiger partial charge in [-0.3, -0.25) is 4.79 Å². The van der Waals surface area contributed by atoms with E-state index < -0.39 is 0 Å². The third kappa shape index (κ3) is 2.37. The summed E-state index contributed by atoms with van der Waals surface area (Å²) in [6, 6.07) is 28.8. The normalized spacial score (nSPS) is 16.8. The lowest BCUT2D eigenvalue weighted by molar-refractivity contribution is 0.103. The van der Waals surface area contributed by atoms with Gasteiger partial charge < -0.3 is 9.30 Å². The SMILES string of the molecule is CC1(C)/C(=C/c2cc3c4c(c2)c2ccccc2n4-c2ccccc2O3)C(=O)c2ccccc21. The van der Waals surface area contributed by atoms with E-state index in [1.54, 1.807) is 0 Å². The first kappa shape index (κ1) is 18.5. The highest BCUT2D eigenvalue weighted by Gasteiger charge is 2.40. The molecule has 3 nitrogen and oxygen atoms in total. The van der Waals surface area contributed by atoms with Gasteiger partial charge >= 0.3 is 0 Å². The third-order valence-corrected chi connectivity index (χ3v) is 7.16. The molecule has 0 unspecified atom stereocenters. The topological polar surface area (TPSA) is 31.2 Å². The van der Waals surface area contributed by atoms with Crippen LogP contribution in [0.1, 0.15) is 35.3 Å². The number of rotatable bonds is 1. The maximum atomic E-state index is 13.3. The van der Waals surface area contributed by atoms with Gasteiger partial charge in [0.1, 0.15) is 0 Å². The Bertz CT molecular complexity index is 1680. The van der Waals surface area contributed by atoms with Crippen LogP contribution in [0.4, 0.5) is 0 Å². The van der Waals surface area contributed by atoms with Gasteiger partial charge in [-0.2, -0.15) is 0 Å². The molecule has 0 atom stereocenters. The van der Waals surface area contributed by atoms with E-state index in [9.17, 15) is 4.79 Å². The van der Waals surface area contributed by atoms with Crippen LogP contribution < -0.4 is 4.74 Å². The summed E-state index contributed by atoms with van der Waals surface area (Å²) in [5.74, 6) is 1.76. The lowest BCUT2D eigenvalue weighted by Gasteiger charge is -2.22. The Morgan fingerprint density at radius 2 is 1.58 bits per heavy atom. The number of ether oxygens (including phenoxy) is 1. The molecule has 0 bridgehead atoms. The molecule has 1 aliphatic heterocycles. The van der Waals surface area contributed by atoms with Crippen molar-refractivity contribution in [3.63, 3.8) is 0 Å². The van der Waals surface area contributed by atoms with Crippen molar-refractivity contribution >= 4 is 33.7 Å². The summed E-state index contributed by atoms with van der Waals surface area (Å²) in [6.45, 7) is 4.26. The second-order valence-corrected chi connectivity index (χ2v) is 9.40. The van der Waals surface area contributed by atoms with Crippen molar-refractivity contribution in [2.75, 3.05) is 0 Å². The highest BCUT2D eigenvalue weighted by molar-refractivity contribution is 6.18. The van der Waals surface area contributed by atoms with E-state index in [1.807, 2.05) is 42.5 Å². The number of para-hydroxylation sites is 3. The van der Waals surface area contributed by atoms with Gasteiger partial charge in [0.15, 0.2) is 17.3 Å². The number of allylic oxidation sites excluding steroid dienone is 1. The van der Waals surface area contributed by atoms with Gasteiger partial charge in [-0.25, -0.2) is 0 Å². The molecule has 1 aromatic heterocycles. The molecule has 0 saturated heterocycles. The molecule has 3 heteroatoms. The van der Waals surface area contributed by atoms with E-state index in [2.05, 4.69) is 66.9 Å². The minimum Gasteiger partial charge on any atom is -0.453 e. The van der Waals surface area contributed by atoms with Gasteiger partial charge in [-0.1, -0.05) is 68.4 Å². The molecule has 5 aromatic rings. The Hall–Kier alpha value is -4.11. The Kier molecular flexibility index (Phi) is 3.49. The highest BCUT2D eigenvalue weighted by Crippen LogP contribution is 2.47. The van der Waals surface area contributed by atoms with E-state index in [4.69, 9.17) is 4.74 Å². The van der Waals surface area contributed by atoms with E-state index >= 15 is 0 Å². The summed E-state index contributed by atoms with van der Waals surface area (Å²) in [6.07, 6.45) is 2.05. The predicted octanol–water partition coefficient (Wildman–Crippen LogP) is 7.45. The van der Waals surface area contributed by atoms with Crippen molar-refractivity contribution in [1.82, 2.24) is 4.57 Å². The Morgan fingerprint density at radius 3 is 2.45 bits per heavy atom. The number of carbonyl (C=O) groups excluding carboxylic acids is 1. The standard InChI is InChI=1S/C30H21NO2/c1-30(2)22-11-5-3-10-20(22)29(32)23(30)16-18-15-21-19-9-4-6-12-24(19)31-25-13-7-8-14-26(25)33-27(17-18)28(21)31/h3-17H,1-2H3/b23-16+. The Morgan fingerprint density at radius 1 is 0.818 bits per heavy atom. The maximum Gasteiger partial charge on any atom is 0.190 e. The van der Waals surface area contributed by atoms with E-state index in [0.717, 1.165) is 55.9 Å². The monoisotopic (exact) mass is 427 g/mol. The second-order valence-electron chi connectivity index (χ2n) is 9.40. The smallest absolute Gasteiger partial charge is 0.190 e.